The first-order chi connectivity index (χ1) is 13.3. The molecule has 0 radical (unpaired) electrons. The van der Waals surface area contributed by atoms with E-state index < -0.39 is 0 Å². The first kappa shape index (κ1) is 22.3. The Morgan fingerprint density at radius 1 is 1.25 bits per heavy atom. The SMILES string of the molecule is CCCN(CCC1COC2(CC=C(C(C)(C)C(C)C)CC2)O1)CC1CCCO1. The van der Waals surface area contributed by atoms with E-state index in [-0.39, 0.29) is 17.3 Å². The summed E-state index contributed by atoms with van der Waals surface area (Å²) in [4.78, 5) is 2.56. The van der Waals surface area contributed by atoms with Gasteiger partial charge in [-0.3, -0.25) is 0 Å². The van der Waals surface area contributed by atoms with E-state index in [1.165, 1.54) is 19.3 Å². The number of hydrogen-bond donors (Lipinski definition) is 0. The van der Waals surface area contributed by atoms with Crippen LogP contribution in [0.3, 0.4) is 0 Å². The first-order valence-electron chi connectivity index (χ1n) is 11.7. The van der Waals surface area contributed by atoms with Crippen molar-refractivity contribution in [3.05, 3.63) is 11.6 Å². The molecule has 0 aromatic heterocycles. The third-order valence-corrected chi connectivity index (χ3v) is 7.41. The van der Waals surface area contributed by atoms with Crippen LogP contribution in [-0.4, -0.2) is 55.7 Å². The fourth-order valence-corrected chi connectivity index (χ4v) is 4.77. The van der Waals surface area contributed by atoms with Gasteiger partial charge in [-0.05, 0) is 50.0 Å². The maximum atomic E-state index is 6.49. The van der Waals surface area contributed by atoms with Crippen molar-refractivity contribution in [1.29, 1.82) is 0 Å². The molecule has 0 N–H and O–H groups in total. The van der Waals surface area contributed by atoms with Crippen LogP contribution in [0.25, 0.3) is 0 Å². The molecule has 0 aromatic rings. The molecule has 3 atom stereocenters. The Balaban J connectivity index is 1.47. The Morgan fingerprint density at radius 3 is 2.68 bits per heavy atom. The van der Waals surface area contributed by atoms with Crippen LogP contribution in [0, 0.1) is 11.3 Å². The van der Waals surface area contributed by atoms with Crippen molar-refractivity contribution < 1.29 is 14.2 Å². The number of rotatable bonds is 9. The normalized spacial score (nSPS) is 31.3. The second-order valence-electron chi connectivity index (χ2n) is 10.00. The summed E-state index contributed by atoms with van der Waals surface area (Å²) in [6.45, 7) is 16.6. The molecule has 2 saturated heterocycles. The van der Waals surface area contributed by atoms with E-state index in [2.05, 4.69) is 45.6 Å². The smallest absolute Gasteiger partial charge is 0.172 e. The molecule has 4 nitrogen and oxygen atoms in total. The fraction of sp³-hybridized carbons (Fsp3) is 0.917. The van der Waals surface area contributed by atoms with E-state index in [9.17, 15) is 0 Å². The van der Waals surface area contributed by atoms with Crippen LogP contribution in [0.15, 0.2) is 11.6 Å². The Labute approximate surface area is 173 Å². The van der Waals surface area contributed by atoms with Crippen molar-refractivity contribution in [2.24, 2.45) is 11.3 Å². The van der Waals surface area contributed by atoms with Gasteiger partial charge in [0.05, 0.1) is 18.8 Å². The highest BCUT2D eigenvalue weighted by Gasteiger charge is 2.44. The summed E-state index contributed by atoms with van der Waals surface area (Å²) in [6.07, 6.45) is 10.8. The summed E-state index contributed by atoms with van der Waals surface area (Å²) in [5, 5.41) is 0. The summed E-state index contributed by atoms with van der Waals surface area (Å²) < 4.78 is 18.6. The molecule has 0 amide bonds. The van der Waals surface area contributed by atoms with Gasteiger partial charge in [-0.15, -0.1) is 0 Å². The number of allylic oxidation sites excluding steroid dienone is 1. The van der Waals surface area contributed by atoms with Gasteiger partial charge >= 0.3 is 0 Å². The zero-order valence-electron chi connectivity index (χ0n) is 19.0. The van der Waals surface area contributed by atoms with Crippen molar-refractivity contribution in [2.75, 3.05) is 32.8 Å². The molecule has 1 aliphatic carbocycles. The average Bonchev–Trinajstić information content (AvgIpc) is 3.31. The zero-order chi connectivity index (χ0) is 20.2. The maximum Gasteiger partial charge on any atom is 0.172 e. The van der Waals surface area contributed by atoms with Gasteiger partial charge in [0, 0.05) is 32.5 Å². The molecular formula is C24H43NO3. The zero-order valence-corrected chi connectivity index (χ0v) is 19.0. The largest absolute Gasteiger partial charge is 0.377 e. The standard InChI is InChI=1S/C24H43NO3/c1-6-14-25(17-21-8-7-16-26-21)15-11-22-18-27-24(28-22)12-9-20(10-13-24)23(4,5)19(2)3/h9,19,21-22H,6-8,10-18H2,1-5H3. The lowest BCUT2D eigenvalue weighted by Gasteiger charge is -2.39. The average molecular weight is 394 g/mol. The van der Waals surface area contributed by atoms with Crippen LogP contribution in [0.4, 0.5) is 0 Å². The van der Waals surface area contributed by atoms with E-state index in [0.717, 1.165) is 58.5 Å². The van der Waals surface area contributed by atoms with Gasteiger partial charge in [-0.1, -0.05) is 46.3 Å². The predicted molar refractivity (Wildman–Crippen MR) is 114 cm³/mol. The Kier molecular flexibility index (Phi) is 7.63. The van der Waals surface area contributed by atoms with E-state index >= 15 is 0 Å². The molecule has 1 spiro atoms. The third-order valence-electron chi connectivity index (χ3n) is 7.41. The molecular weight excluding hydrogens is 350 g/mol. The van der Waals surface area contributed by atoms with E-state index in [1.54, 1.807) is 5.57 Å². The molecule has 4 heteroatoms. The maximum absolute atomic E-state index is 6.49. The van der Waals surface area contributed by atoms with Gasteiger partial charge in [0.2, 0.25) is 0 Å². The second-order valence-corrected chi connectivity index (χ2v) is 10.00. The van der Waals surface area contributed by atoms with E-state index in [4.69, 9.17) is 14.2 Å². The lowest BCUT2D eigenvalue weighted by atomic mass is 9.70. The van der Waals surface area contributed by atoms with Gasteiger partial charge in [0.15, 0.2) is 5.79 Å². The van der Waals surface area contributed by atoms with Crippen LogP contribution in [0.1, 0.15) is 79.6 Å². The van der Waals surface area contributed by atoms with Gasteiger partial charge in [0.25, 0.3) is 0 Å². The van der Waals surface area contributed by atoms with Gasteiger partial charge in [-0.25, -0.2) is 0 Å². The van der Waals surface area contributed by atoms with Crippen LogP contribution >= 0.6 is 0 Å². The molecule has 2 fully saturated rings. The summed E-state index contributed by atoms with van der Waals surface area (Å²) in [5.41, 5.74) is 1.84. The van der Waals surface area contributed by atoms with Crippen LogP contribution in [-0.2, 0) is 14.2 Å². The number of hydrogen-bond acceptors (Lipinski definition) is 4. The molecule has 0 aromatic carbocycles. The topological polar surface area (TPSA) is 30.9 Å². The molecule has 3 unspecified atom stereocenters. The van der Waals surface area contributed by atoms with E-state index in [0.29, 0.717) is 12.0 Å². The Hall–Kier alpha value is -0.420. The highest BCUT2D eigenvalue weighted by atomic mass is 16.7. The molecule has 2 aliphatic heterocycles. The Morgan fingerprint density at radius 2 is 2.07 bits per heavy atom. The molecule has 28 heavy (non-hydrogen) atoms. The molecule has 3 rings (SSSR count). The molecule has 0 saturated carbocycles. The molecule has 0 bridgehead atoms. The number of nitrogens with zero attached hydrogens (tertiary/aromatic N) is 1. The molecule has 162 valence electrons. The van der Waals surface area contributed by atoms with Gasteiger partial charge in [0.1, 0.15) is 0 Å². The Bertz CT molecular complexity index is 524. The fourth-order valence-electron chi connectivity index (χ4n) is 4.77. The quantitative estimate of drug-likeness (QED) is 0.506. The lowest BCUT2D eigenvalue weighted by Crippen LogP contribution is -2.37. The van der Waals surface area contributed by atoms with Crippen molar-refractivity contribution in [1.82, 2.24) is 4.90 Å². The summed E-state index contributed by atoms with van der Waals surface area (Å²) in [5.74, 6) is 0.296. The first-order valence-corrected chi connectivity index (χ1v) is 11.7. The van der Waals surface area contributed by atoms with E-state index in [1.807, 2.05) is 0 Å². The second kappa shape index (κ2) is 9.59. The highest BCUT2D eigenvalue weighted by Crippen LogP contribution is 2.45. The molecule has 3 aliphatic rings. The number of ether oxygens (including phenoxy) is 3. The summed E-state index contributed by atoms with van der Waals surface area (Å²) >= 11 is 0. The van der Waals surface area contributed by atoms with Crippen LogP contribution in [0.2, 0.25) is 0 Å². The third kappa shape index (κ3) is 5.38. The molecule has 2 heterocycles. The highest BCUT2D eigenvalue weighted by molar-refractivity contribution is 5.18. The van der Waals surface area contributed by atoms with Crippen molar-refractivity contribution in [3.63, 3.8) is 0 Å². The van der Waals surface area contributed by atoms with Crippen molar-refractivity contribution in [2.45, 2.75) is 97.6 Å². The van der Waals surface area contributed by atoms with Crippen LogP contribution < -0.4 is 0 Å². The minimum absolute atomic E-state index is 0.233. The predicted octanol–water partition coefficient (Wildman–Crippen LogP) is 5.17. The van der Waals surface area contributed by atoms with Gasteiger partial charge < -0.3 is 19.1 Å². The summed E-state index contributed by atoms with van der Waals surface area (Å²) in [6, 6.07) is 0. The summed E-state index contributed by atoms with van der Waals surface area (Å²) in [7, 11) is 0. The minimum atomic E-state index is -0.356. The van der Waals surface area contributed by atoms with Gasteiger partial charge in [-0.2, -0.15) is 0 Å². The minimum Gasteiger partial charge on any atom is -0.377 e. The lowest BCUT2D eigenvalue weighted by molar-refractivity contribution is -0.174. The monoisotopic (exact) mass is 393 g/mol. The van der Waals surface area contributed by atoms with Crippen LogP contribution in [0.5, 0.6) is 0 Å². The van der Waals surface area contributed by atoms with Crippen molar-refractivity contribution in [3.8, 4) is 0 Å². The van der Waals surface area contributed by atoms with Crippen molar-refractivity contribution >= 4 is 0 Å².